The van der Waals surface area contributed by atoms with Crippen LogP contribution in [0.25, 0.3) is 0 Å². The van der Waals surface area contributed by atoms with Gasteiger partial charge in [0.25, 0.3) is 0 Å². The van der Waals surface area contributed by atoms with Crippen LogP contribution >= 0.6 is 0 Å². The molecule has 0 spiro atoms. The predicted octanol–water partition coefficient (Wildman–Crippen LogP) is 2.70. The molecule has 0 radical (unpaired) electrons. The maximum atomic E-state index is 13.8. The van der Waals surface area contributed by atoms with Gasteiger partial charge in [-0.2, -0.15) is 5.26 Å². The summed E-state index contributed by atoms with van der Waals surface area (Å²) in [4.78, 5) is 4.04. The fourth-order valence-electron chi connectivity index (χ4n) is 1.95. The number of hydrogen-bond donors (Lipinski definition) is 2. The molecule has 23 heavy (non-hydrogen) atoms. The Bertz CT molecular complexity index is 733. The highest BCUT2D eigenvalue weighted by atomic mass is 19.1. The molecule has 0 bridgehead atoms. The van der Waals surface area contributed by atoms with Gasteiger partial charge in [0.05, 0.1) is 11.6 Å². The Morgan fingerprint density at radius 3 is 2.39 bits per heavy atom. The van der Waals surface area contributed by atoms with Crippen molar-refractivity contribution in [1.82, 2.24) is 10.6 Å². The first-order chi connectivity index (χ1) is 11.1. The summed E-state index contributed by atoms with van der Waals surface area (Å²) in [7, 11) is 1.61. The molecule has 0 amide bonds. The quantitative estimate of drug-likeness (QED) is 0.674. The summed E-state index contributed by atoms with van der Waals surface area (Å²) in [6.07, 6.45) is 0. The Balaban J connectivity index is 1.90. The van der Waals surface area contributed by atoms with Crippen molar-refractivity contribution in [3.63, 3.8) is 0 Å². The average Bonchev–Trinajstić information content (AvgIpc) is 2.57. The SMILES string of the molecule is CN=C(NCc1ccc(F)cc1)NCc1ccc(C#N)cc1F. The van der Waals surface area contributed by atoms with E-state index in [-0.39, 0.29) is 17.9 Å². The van der Waals surface area contributed by atoms with E-state index >= 15 is 0 Å². The van der Waals surface area contributed by atoms with Crippen molar-refractivity contribution in [3.8, 4) is 6.07 Å². The van der Waals surface area contributed by atoms with E-state index in [1.165, 1.54) is 18.2 Å². The van der Waals surface area contributed by atoms with Crippen molar-refractivity contribution in [1.29, 1.82) is 5.26 Å². The number of aliphatic imine (C=N–C) groups is 1. The molecule has 0 aliphatic heterocycles. The molecule has 118 valence electrons. The van der Waals surface area contributed by atoms with Crippen molar-refractivity contribution in [3.05, 3.63) is 70.8 Å². The summed E-state index contributed by atoms with van der Waals surface area (Å²) < 4.78 is 26.6. The zero-order valence-corrected chi connectivity index (χ0v) is 12.6. The van der Waals surface area contributed by atoms with E-state index in [4.69, 9.17) is 5.26 Å². The van der Waals surface area contributed by atoms with Gasteiger partial charge in [0.1, 0.15) is 11.6 Å². The monoisotopic (exact) mass is 314 g/mol. The van der Waals surface area contributed by atoms with E-state index in [9.17, 15) is 8.78 Å². The Labute approximate surface area is 133 Å². The van der Waals surface area contributed by atoms with Crippen molar-refractivity contribution in [2.24, 2.45) is 4.99 Å². The Morgan fingerprint density at radius 1 is 1.09 bits per heavy atom. The molecule has 0 unspecified atom stereocenters. The minimum absolute atomic E-state index is 0.237. The van der Waals surface area contributed by atoms with Gasteiger partial charge in [-0.05, 0) is 29.8 Å². The molecule has 0 aliphatic carbocycles. The fraction of sp³-hybridized carbons (Fsp3) is 0.176. The molecule has 2 aromatic rings. The Morgan fingerprint density at radius 2 is 1.78 bits per heavy atom. The van der Waals surface area contributed by atoms with Crippen LogP contribution in [-0.2, 0) is 13.1 Å². The van der Waals surface area contributed by atoms with Crippen LogP contribution in [0.4, 0.5) is 8.78 Å². The molecule has 6 heteroatoms. The van der Waals surface area contributed by atoms with E-state index in [2.05, 4.69) is 15.6 Å². The highest BCUT2D eigenvalue weighted by Crippen LogP contribution is 2.09. The third-order valence-electron chi connectivity index (χ3n) is 3.23. The number of halogens is 2. The van der Waals surface area contributed by atoms with Gasteiger partial charge in [-0.1, -0.05) is 18.2 Å². The number of rotatable bonds is 4. The molecule has 2 N–H and O–H groups in total. The number of nitriles is 1. The van der Waals surface area contributed by atoms with Gasteiger partial charge in [-0.25, -0.2) is 8.78 Å². The molecule has 0 atom stereocenters. The van der Waals surface area contributed by atoms with Crippen molar-refractivity contribution in [2.45, 2.75) is 13.1 Å². The highest BCUT2D eigenvalue weighted by molar-refractivity contribution is 5.79. The van der Waals surface area contributed by atoms with Crippen LogP contribution in [0, 0.1) is 23.0 Å². The lowest BCUT2D eigenvalue weighted by Crippen LogP contribution is -2.36. The summed E-state index contributed by atoms with van der Waals surface area (Å²) in [5.74, 6) is -0.226. The number of benzene rings is 2. The van der Waals surface area contributed by atoms with Crippen molar-refractivity contribution in [2.75, 3.05) is 7.05 Å². The number of hydrogen-bond acceptors (Lipinski definition) is 2. The van der Waals surface area contributed by atoms with E-state index in [1.54, 1.807) is 31.3 Å². The van der Waals surface area contributed by atoms with E-state index in [0.29, 0.717) is 18.1 Å². The lowest BCUT2D eigenvalue weighted by atomic mass is 10.1. The maximum Gasteiger partial charge on any atom is 0.191 e. The lowest BCUT2D eigenvalue weighted by molar-refractivity contribution is 0.604. The molecule has 4 nitrogen and oxygen atoms in total. The molecule has 2 aromatic carbocycles. The molecule has 2 rings (SSSR count). The number of nitrogens with one attached hydrogen (secondary N) is 2. The first kappa shape index (κ1) is 16.4. The molecule has 0 aliphatic rings. The van der Waals surface area contributed by atoms with Gasteiger partial charge in [0.2, 0.25) is 0 Å². The predicted molar refractivity (Wildman–Crippen MR) is 84.6 cm³/mol. The first-order valence-corrected chi connectivity index (χ1v) is 7.00. The molecule has 0 saturated carbocycles. The molecule has 0 heterocycles. The average molecular weight is 314 g/mol. The molecule has 0 fully saturated rings. The minimum Gasteiger partial charge on any atom is -0.352 e. The Kier molecular flexibility index (Phi) is 5.64. The largest absolute Gasteiger partial charge is 0.352 e. The summed E-state index contributed by atoms with van der Waals surface area (Å²) in [5.41, 5.74) is 1.62. The van der Waals surface area contributed by atoms with E-state index < -0.39 is 5.82 Å². The third-order valence-corrected chi connectivity index (χ3v) is 3.23. The molecular formula is C17H16F2N4. The zero-order valence-electron chi connectivity index (χ0n) is 12.6. The lowest BCUT2D eigenvalue weighted by Gasteiger charge is -2.12. The van der Waals surface area contributed by atoms with Gasteiger partial charge < -0.3 is 10.6 Å². The first-order valence-electron chi connectivity index (χ1n) is 7.00. The normalized spacial score (nSPS) is 11.0. The summed E-state index contributed by atoms with van der Waals surface area (Å²) in [5, 5.41) is 14.8. The second kappa shape index (κ2) is 7.90. The van der Waals surface area contributed by atoms with Gasteiger partial charge in [0.15, 0.2) is 5.96 Å². The van der Waals surface area contributed by atoms with Crippen molar-refractivity contribution >= 4 is 5.96 Å². The summed E-state index contributed by atoms with van der Waals surface area (Å²) in [6.45, 7) is 0.705. The topological polar surface area (TPSA) is 60.2 Å². The van der Waals surface area contributed by atoms with Gasteiger partial charge in [-0.15, -0.1) is 0 Å². The van der Waals surface area contributed by atoms with Gasteiger partial charge in [-0.3, -0.25) is 4.99 Å². The van der Waals surface area contributed by atoms with Crippen LogP contribution in [0.15, 0.2) is 47.5 Å². The molecular weight excluding hydrogens is 298 g/mol. The highest BCUT2D eigenvalue weighted by Gasteiger charge is 2.05. The maximum absolute atomic E-state index is 13.8. The van der Waals surface area contributed by atoms with Gasteiger partial charge in [0, 0.05) is 25.7 Å². The molecule has 0 aromatic heterocycles. The van der Waals surface area contributed by atoms with Crippen molar-refractivity contribution < 1.29 is 8.78 Å². The summed E-state index contributed by atoms with van der Waals surface area (Å²) in [6, 6.07) is 12.3. The van der Waals surface area contributed by atoms with Crippen LogP contribution in [0.2, 0.25) is 0 Å². The van der Waals surface area contributed by atoms with E-state index in [1.807, 2.05) is 6.07 Å². The smallest absolute Gasteiger partial charge is 0.191 e. The Hall–Kier alpha value is -2.94. The summed E-state index contributed by atoms with van der Waals surface area (Å²) >= 11 is 0. The molecule has 0 saturated heterocycles. The second-order valence-corrected chi connectivity index (χ2v) is 4.82. The second-order valence-electron chi connectivity index (χ2n) is 4.82. The van der Waals surface area contributed by atoms with Crippen LogP contribution in [-0.4, -0.2) is 13.0 Å². The zero-order chi connectivity index (χ0) is 16.7. The van der Waals surface area contributed by atoms with Crippen LogP contribution in [0.5, 0.6) is 0 Å². The number of guanidine groups is 1. The minimum atomic E-state index is -0.439. The van der Waals surface area contributed by atoms with E-state index in [0.717, 1.165) is 5.56 Å². The standard InChI is InChI=1S/C17H16F2N4/c1-21-17(22-10-12-3-6-15(18)7-4-12)23-11-14-5-2-13(9-20)8-16(14)19/h2-8H,10-11H2,1H3,(H2,21,22,23). The van der Waals surface area contributed by atoms with Crippen LogP contribution < -0.4 is 10.6 Å². The van der Waals surface area contributed by atoms with Crippen LogP contribution in [0.1, 0.15) is 16.7 Å². The van der Waals surface area contributed by atoms with Gasteiger partial charge >= 0.3 is 0 Å². The van der Waals surface area contributed by atoms with Crippen LogP contribution in [0.3, 0.4) is 0 Å². The fourth-order valence-corrected chi connectivity index (χ4v) is 1.95. The number of nitrogens with zero attached hydrogens (tertiary/aromatic N) is 2. The third kappa shape index (κ3) is 4.78.